The number of benzene rings is 3. The highest BCUT2D eigenvalue weighted by molar-refractivity contribution is 6.43. The lowest BCUT2D eigenvalue weighted by molar-refractivity contribution is 0.104. The lowest BCUT2D eigenvalue weighted by Gasteiger charge is -2.12. The average Bonchev–Trinajstić information content (AvgIpc) is 2.75. The SMILES string of the molecule is COc1ccc(/C=C/C(=O)c2ccc(Cl)c(Cl)c2)cc1COc1cccc(Cl)c1Cl. The molecule has 30 heavy (non-hydrogen) atoms. The van der Waals surface area contributed by atoms with Crippen LogP contribution >= 0.6 is 46.4 Å². The van der Waals surface area contributed by atoms with E-state index in [1.54, 1.807) is 49.6 Å². The van der Waals surface area contributed by atoms with Gasteiger partial charge in [-0.1, -0.05) is 64.6 Å². The molecule has 0 saturated heterocycles. The number of ketones is 1. The zero-order valence-electron chi connectivity index (χ0n) is 15.8. The second kappa shape index (κ2) is 10.2. The first-order chi connectivity index (χ1) is 14.4. The van der Waals surface area contributed by atoms with Crippen molar-refractivity contribution in [2.45, 2.75) is 6.61 Å². The molecule has 3 aromatic rings. The number of ether oxygens (including phenoxy) is 2. The van der Waals surface area contributed by atoms with Gasteiger partial charge in [0.05, 0.1) is 22.2 Å². The van der Waals surface area contributed by atoms with Gasteiger partial charge in [-0.15, -0.1) is 0 Å². The van der Waals surface area contributed by atoms with Crippen LogP contribution in [0.15, 0.2) is 60.7 Å². The number of halogens is 4. The molecule has 0 heterocycles. The van der Waals surface area contributed by atoms with Crippen molar-refractivity contribution in [2.75, 3.05) is 7.11 Å². The summed E-state index contributed by atoms with van der Waals surface area (Å²) in [5.74, 6) is 0.941. The van der Waals surface area contributed by atoms with Crippen molar-refractivity contribution in [3.05, 3.63) is 97.5 Å². The minimum absolute atomic E-state index is 0.187. The molecule has 0 aliphatic heterocycles. The zero-order valence-corrected chi connectivity index (χ0v) is 18.8. The molecule has 0 unspecified atom stereocenters. The third-order valence-electron chi connectivity index (χ3n) is 4.24. The number of hydrogen-bond acceptors (Lipinski definition) is 3. The van der Waals surface area contributed by atoms with Crippen molar-refractivity contribution < 1.29 is 14.3 Å². The van der Waals surface area contributed by atoms with Gasteiger partial charge in [0.2, 0.25) is 0 Å². The molecule has 0 aromatic heterocycles. The average molecular weight is 482 g/mol. The quantitative estimate of drug-likeness (QED) is 0.255. The van der Waals surface area contributed by atoms with Crippen molar-refractivity contribution in [1.29, 1.82) is 0 Å². The number of carbonyl (C=O) groups excluding carboxylic acids is 1. The van der Waals surface area contributed by atoms with Gasteiger partial charge in [-0.2, -0.15) is 0 Å². The van der Waals surface area contributed by atoms with E-state index >= 15 is 0 Å². The monoisotopic (exact) mass is 480 g/mol. The van der Waals surface area contributed by atoms with Crippen molar-refractivity contribution >= 4 is 58.3 Å². The Bertz CT molecular complexity index is 1110. The number of carbonyl (C=O) groups is 1. The van der Waals surface area contributed by atoms with Gasteiger partial charge in [0, 0.05) is 11.1 Å². The van der Waals surface area contributed by atoms with Crippen molar-refractivity contribution in [3.63, 3.8) is 0 Å². The van der Waals surface area contributed by atoms with Crippen LogP contribution in [0.4, 0.5) is 0 Å². The first-order valence-corrected chi connectivity index (χ1v) is 10.3. The fourth-order valence-corrected chi connectivity index (χ4v) is 3.33. The number of methoxy groups -OCH3 is 1. The summed E-state index contributed by atoms with van der Waals surface area (Å²) in [6.45, 7) is 0.214. The Kier molecular flexibility index (Phi) is 7.68. The van der Waals surface area contributed by atoms with Gasteiger partial charge in [0.15, 0.2) is 5.78 Å². The van der Waals surface area contributed by atoms with Crippen LogP contribution in [0.2, 0.25) is 20.1 Å². The van der Waals surface area contributed by atoms with Gasteiger partial charge >= 0.3 is 0 Å². The molecule has 0 saturated carbocycles. The van der Waals surface area contributed by atoms with Crippen LogP contribution < -0.4 is 9.47 Å². The molecule has 3 rings (SSSR count). The molecule has 0 radical (unpaired) electrons. The van der Waals surface area contributed by atoms with Crippen molar-refractivity contribution in [1.82, 2.24) is 0 Å². The van der Waals surface area contributed by atoms with Crippen molar-refractivity contribution in [2.24, 2.45) is 0 Å². The first-order valence-electron chi connectivity index (χ1n) is 8.80. The van der Waals surface area contributed by atoms with Crippen molar-refractivity contribution in [3.8, 4) is 11.5 Å². The van der Waals surface area contributed by atoms with Crippen LogP contribution in [0.25, 0.3) is 6.08 Å². The summed E-state index contributed by atoms with van der Waals surface area (Å²) in [6.07, 6.45) is 3.18. The van der Waals surface area contributed by atoms with Crippen LogP contribution in [-0.2, 0) is 6.61 Å². The summed E-state index contributed by atoms with van der Waals surface area (Å²) in [4.78, 5) is 12.4. The molecule has 3 nitrogen and oxygen atoms in total. The molecule has 0 amide bonds. The Hall–Kier alpha value is -2.17. The normalized spacial score (nSPS) is 11.0. The molecule has 0 aliphatic carbocycles. The van der Waals surface area contributed by atoms with Crippen LogP contribution in [0.1, 0.15) is 21.5 Å². The molecular weight excluding hydrogens is 466 g/mol. The molecule has 0 atom stereocenters. The third-order valence-corrected chi connectivity index (χ3v) is 5.78. The molecule has 0 N–H and O–H groups in total. The Morgan fingerprint density at radius 1 is 0.900 bits per heavy atom. The van der Waals surface area contributed by atoms with E-state index in [9.17, 15) is 4.79 Å². The van der Waals surface area contributed by atoms with Crippen LogP contribution in [0, 0.1) is 0 Å². The Balaban J connectivity index is 1.78. The van der Waals surface area contributed by atoms with E-state index in [1.165, 1.54) is 6.08 Å². The van der Waals surface area contributed by atoms with E-state index < -0.39 is 0 Å². The van der Waals surface area contributed by atoms with Gasteiger partial charge in [0.25, 0.3) is 0 Å². The van der Waals surface area contributed by atoms with E-state index in [-0.39, 0.29) is 12.4 Å². The molecule has 0 spiro atoms. The van der Waals surface area contributed by atoms with Gasteiger partial charge in [0.1, 0.15) is 23.1 Å². The van der Waals surface area contributed by atoms with Gasteiger partial charge in [-0.25, -0.2) is 0 Å². The first kappa shape index (κ1) is 22.5. The highest BCUT2D eigenvalue weighted by Gasteiger charge is 2.10. The predicted molar refractivity (Wildman–Crippen MR) is 124 cm³/mol. The minimum atomic E-state index is -0.187. The second-order valence-electron chi connectivity index (χ2n) is 6.24. The summed E-state index contributed by atoms with van der Waals surface area (Å²) in [6, 6.07) is 15.5. The van der Waals surface area contributed by atoms with Gasteiger partial charge < -0.3 is 9.47 Å². The largest absolute Gasteiger partial charge is 0.496 e. The summed E-state index contributed by atoms with van der Waals surface area (Å²) in [7, 11) is 1.58. The van der Waals surface area contributed by atoms with Crippen LogP contribution in [-0.4, -0.2) is 12.9 Å². The lowest BCUT2D eigenvalue weighted by atomic mass is 10.1. The van der Waals surface area contributed by atoms with E-state index in [1.807, 2.05) is 18.2 Å². The lowest BCUT2D eigenvalue weighted by Crippen LogP contribution is -2.00. The molecule has 0 bridgehead atoms. The van der Waals surface area contributed by atoms with Gasteiger partial charge in [-0.3, -0.25) is 4.79 Å². The number of hydrogen-bond donors (Lipinski definition) is 0. The number of allylic oxidation sites excluding steroid dienone is 1. The highest BCUT2D eigenvalue weighted by atomic mass is 35.5. The predicted octanol–water partition coefficient (Wildman–Crippen LogP) is 7.78. The maximum Gasteiger partial charge on any atom is 0.185 e. The summed E-state index contributed by atoms with van der Waals surface area (Å²) < 4.78 is 11.2. The molecule has 0 aliphatic rings. The summed E-state index contributed by atoms with van der Waals surface area (Å²) in [5, 5.41) is 1.50. The maximum atomic E-state index is 12.4. The molecule has 3 aromatic carbocycles. The summed E-state index contributed by atoms with van der Waals surface area (Å²) >= 11 is 24.1. The fraction of sp³-hybridized carbons (Fsp3) is 0.0870. The van der Waals surface area contributed by atoms with E-state index in [0.717, 1.165) is 11.1 Å². The number of rotatable bonds is 7. The molecule has 7 heteroatoms. The standard InChI is InChI=1S/C23H16Cl4O3/c1-29-21-10-6-14(5-9-20(28)15-7-8-17(24)19(26)12-15)11-16(21)13-30-22-4-2-3-18(25)23(22)27/h2-12H,13H2,1H3/b9-5+. The van der Waals surface area contributed by atoms with Crippen LogP contribution in [0.3, 0.4) is 0 Å². The molecule has 0 fully saturated rings. The highest BCUT2D eigenvalue weighted by Crippen LogP contribution is 2.33. The van der Waals surface area contributed by atoms with E-state index in [2.05, 4.69) is 0 Å². The Morgan fingerprint density at radius 3 is 2.43 bits per heavy atom. The fourth-order valence-electron chi connectivity index (χ4n) is 2.68. The minimum Gasteiger partial charge on any atom is -0.496 e. The maximum absolute atomic E-state index is 12.4. The Labute approximate surface area is 194 Å². The zero-order chi connectivity index (χ0) is 21.7. The second-order valence-corrected chi connectivity index (χ2v) is 7.84. The summed E-state index contributed by atoms with van der Waals surface area (Å²) in [5.41, 5.74) is 2.05. The Morgan fingerprint density at radius 2 is 1.70 bits per heavy atom. The van der Waals surface area contributed by atoms with Crippen LogP contribution in [0.5, 0.6) is 11.5 Å². The van der Waals surface area contributed by atoms with E-state index in [4.69, 9.17) is 55.9 Å². The van der Waals surface area contributed by atoms with E-state index in [0.29, 0.717) is 37.2 Å². The smallest absolute Gasteiger partial charge is 0.185 e. The van der Waals surface area contributed by atoms with Gasteiger partial charge in [-0.05, 0) is 54.1 Å². The topological polar surface area (TPSA) is 35.5 Å². The third kappa shape index (κ3) is 5.50. The molecule has 154 valence electrons. The molecular formula is C23H16Cl4O3.